The Bertz CT molecular complexity index is 1570. The van der Waals surface area contributed by atoms with Gasteiger partial charge in [-0.25, -0.2) is 14.2 Å². The molecule has 186 valence electrons. The molecular weight excluding hydrogens is 461 g/mol. The molecule has 8 heteroatoms. The van der Waals surface area contributed by atoms with Gasteiger partial charge in [0, 0.05) is 29.1 Å². The number of esters is 1. The summed E-state index contributed by atoms with van der Waals surface area (Å²) in [4.78, 5) is 30.8. The van der Waals surface area contributed by atoms with E-state index >= 15 is 4.39 Å². The Balaban J connectivity index is 1.67. The molecule has 4 heterocycles. The maximum atomic E-state index is 15.2. The smallest absolute Gasteiger partial charge is 0.343 e. The van der Waals surface area contributed by atoms with Crippen LogP contribution in [0, 0.1) is 12.7 Å². The standard InChI is InChI=1S/C28H28FN3O4/c1-3-28(35)19-9-22-25-17(12-32(22)26(33)18(19)13-36-27(28)34)16(11-30)24-21(31-25)10-20(29)14(2)23(24)15-7-5-4-6-8-15/h7,9-10,35H,3-6,8,11-13,30H2,1-2H3/t28-/m0/s1. The van der Waals surface area contributed by atoms with Crippen LogP contribution >= 0.6 is 0 Å². The van der Waals surface area contributed by atoms with Crippen molar-refractivity contribution in [2.24, 2.45) is 5.73 Å². The maximum absolute atomic E-state index is 15.2. The second-order valence-electron chi connectivity index (χ2n) is 9.95. The van der Waals surface area contributed by atoms with Crippen LogP contribution in [0.15, 0.2) is 23.0 Å². The number of aromatic nitrogens is 2. The van der Waals surface area contributed by atoms with Crippen molar-refractivity contribution in [2.75, 3.05) is 0 Å². The first kappa shape index (κ1) is 23.1. The average Bonchev–Trinajstić information content (AvgIpc) is 3.25. The first-order chi connectivity index (χ1) is 17.3. The Labute approximate surface area is 207 Å². The second-order valence-corrected chi connectivity index (χ2v) is 9.95. The van der Waals surface area contributed by atoms with Gasteiger partial charge in [0.1, 0.15) is 12.4 Å². The van der Waals surface area contributed by atoms with Gasteiger partial charge in [-0.15, -0.1) is 0 Å². The van der Waals surface area contributed by atoms with Gasteiger partial charge in [0.2, 0.25) is 0 Å². The predicted octanol–water partition coefficient (Wildman–Crippen LogP) is 3.94. The number of carbonyl (C=O) groups is 1. The summed E-state index contributed by atoms with van der Waals surface area (Å²) in [5.41, 5.74) is 10.4. The Morgan fingerprint density at radius 3 is 2.75 bits per heavy atom. The highest BCUT2D eigenvalue weighted by Crippen LogP contribution is 2.43. The van der Waals surface area contributed by atoms with E-state index < -0.39 is 11.6 Å². The average molecular weight is 490 g/mol. The van der Waals surface area contributed by atoms with E-state index in [-0.39, 0.29) is 48.6 Å². The lowest BCUT2D eigenvalue weighted by molar-refractivity contribution is -0.172. The van der Waals surface area contributed by atoms with Gasteiger partial charge in [-0.3, -0.25) is 4.79 Å². The quantitative estimate of drug-likeness (QED) is 0.422. The monoisotopic (exact) mass is 489 g/mol. The molecule has 3 aromatic rings. The van der Waals surface area contributed by atoms with E-state index in [1.165, 1.54) is 6.07 Å². The lowest BCUT2D eigenvalue weighted by atomic mass is 9.85. The van der Waals surface area contributed by atoms with E-state index in [1.54, 1.807) is 24.5 Å². The van der Waals surface area contributed by atoms with Gasteiger partial charge in [0.05, 0.1) is 29.0 Å². The molecule has 2 aliphatic heterocycles. The Morgan fingerprint density at radius 2 is 2.06 bits per heavy atom. The van der Waals surface area contributed by atoms with Gasteiger partial charge >= 0.3 is 5.97 Å². The zero-order valence-electron chi connectivity index (χ0n) is 20.4. The van der Waals surface area contributed by atoms with Crippen LogP contribution < -0.4 is 11.3 Å². The molecule has 0 radical (unpaired) electrons. The number of hydrogen-bond donors (Lipinski definition) is 2. The van der Waals surface area contributed by atoms with Crippen molar-refractivity contribution in [3.8, 4) is 11.4 Å². The number of nitrogens with two attached hydrogens (primary N) is 1. The predicted molar refractivity (Wildman–Crippen MR) is 134 cm³/mol. The van der Waals surface area contributed by atoms with Gasteiger partial charge in [0.25, 0.3) is 5.56 Å². The number of halogens is 1. The molecule has 1 aliphatic carbocycles. The summed E-state index contributed by atoms with van der Waals surface area (Å²) in [6.07, 6.45) is 6.25. The SMILES string of the molecule is CC[C@@]1(O)C(=O)OCc2c1cc1n(c2=O)Cc2c-1nc1cc(F)c(C)c(C3=CCCCC3)c1c2CN. The van der Waals surface area contributed by atoms with Gasteiger partial charge in [-0.2, -0.15) is 0 Å². The number of cyclic esters (lactones) is 1. The van der Waals surface area contributed by atoms with Crippen molar-refractivity contribution in [3.05, 3.63) is 67.8 Å². The number of allylic oxidation sites excluding steroid dienone is 2. The number of fused-ring (bicyclic) bond motifs is 5. The summed E-state index contributed by atoms with van der Waals surface area (Å²) in [6, 6.07) is 3.11. The lowest BCUT2D eigenvalue weighted by Gasteiger charge is -2.31. The van der Waals surface area contributed by atoms with Gasteiger partial charge in [-0.05, 0) is 67.4 Å². The molecule has 2 aromatic heterocycles. The van der Waals surface area contributed by atoms with Crippen molar-refractivity contribution in [2.45, 2.75) is 71.2 Å². The van der Waals surface area contributed by atoms with E-state index in [2.05, 4.69) is 6.08 Å². The van der Waals surface area contributed by atoms with Crippen LogP contribution in [0.2, 0.25) is 0 Å². The summed E-state index contributed by atoms with van der Waals surface area (Å²) in [5.74, 6) is -1.10. The number of benzene rings is 1. The minimum atomic E-state index is -1.90. The zero-order valence-corrected chi connectivity index (χ0v) is 20.4. The molecule has 0 bridgehead atoms. The van der Waals surface area contributed by atoms with Crippen LogP contribution in [0.1, 0.15) is 72.4 Å². The third-order valence-corrected chi connectivity index (χ3v) is 8.10. The van der Waals surface area contributed by atoms with E-state index in [1.807, 2.05) is 0 Å². The van der Waals surface area contributed by atoms with Crippen LogP contribution in [0.25, 0.3) is 27.9 Å². The number of carbonyl (C=O) groups excluding carboxylic acids is 1. The van der Waals surface area contributed by atoms with E-state index in [4.69, 9.17) is 15.5 Å². The summed E-state index contributed by atoms with van der Waals surface area (Å²) in [5, 5.41) is 12.0. The van der Waals surface area contributed by atoms with Crippen LogP contribution in [0.5, 0.6) is 0 Å². The highest BCUT2D eigenvalue weighted by Gasteiger charge is 2.45. The largest absolute Gasteiger partial charge is 0.458 e. The third-order valence-electron chi connectivity index (χ3n) is 8.10. The molecule has 3 aliphatic rings. The summed E-state index contributed by atoms with van der Waals surface area (Å²) < 4.78 is 21.9. The summed E-state index contributed by atoms with van der Waals surface area (Å²) in [7, 11) is 0. The normalized spacial score (nSPS) is 20.6. The van der Waals surface area contributed by atoms with Crippen molar-refractivity contribution >= 4 is 22.4 Å². The fourth-order valence-corrected chi connectivity index (χ4v) is 6.10. The molecule has 7 nitrogen and oxygen atoms in total. The Kier molecular flexibility index (Phi) is 5.18. The lowest BCUT2D eigenvalue weighted by Crippen LogP contribution is -2.44. The van der Waals surface area contributed by atoms with Crippen LogP contribution in [0.4, 0.5) is 4.39 Å². The minimum Gasteiger partial charge on any atom is -0.458 e. The van der Waals surface area contributed by atoms with E-state index in [0.29, 0.717) is 22.5 Å². The molecule has 0 saturated heterocycles. The van der Waals surface area contributed by atoms with Gasteiger partial charge in [0.15, 0.2) is 5.60 Å². The summed E-state index contributed by atoms with van der Waals surface area (Å²) in [6.45, 7) is 3.74. The van der Waals surface area contributed by atoms with Crippen LogP contribution in [0.3, 0.4) is 0 Å². The highest BCUT2D eigenvalue weighted by molar-refractivity contribution is 5.98. The number of aliphatic hydroxyl groups is 1. The molecule has 6 rings (SSSR count). The molecule has 1 aromatic carbocycles. The molecule has 36 heavy (non-hydrogen) atoms. The second kappa shape index (κ2) is 8.08. The molecule has 0 fully saturated rings. The van der Waals surface area contributed by atoms with Crippen molar-refractivity contribution in [1.29, 1.82) is 0 Å². The topological polar surface area (TPSA) is 107 Å². The molecule has 0 unspecified atom stereocenters. The Hall–Kier alpha value is -3.36. The number of hydrogen-bond acceptors (Lipinski definition) is 6. The first-order valence-electron chi connectivity index (χ1n) is 12.5. The van der Waals surface area contributed by atoms with Crippen molar-refractivity contribution in [1.82, 2.24) is 9.55 Å². The molecule has 0 saturated carbocycles. The first-order valence-corrected chi connectivity index (χ1v) is 12.5. The van der Waals surface area contributed by atoms with Crippen LogP contribution in [-0.4, -0.2) is 20.6 Å². The molecule has 1 atom stereocenters. The van der Waals surface area contributed by atoms with Crippen LogP contribution in [-0.2, 0) is 34.8 Å². The number of nitrogens with zero attached hydrogens (tertiary/aromatic N) is 2. The summed E-state index contributed by atoms with van der Waals surface area (Å²) >= 11 is 0. The Morgan fingerprint density at radius 1 is 1.25 bits per heavy atom. The molecule has 0 amide bonds. The van der Waals surface area contributed by atoms with E-state index in [0.717, 1.165) is 53.3 Å². The highest BCUT2D eigenvalue weighted by atomic mass is 19.1. The minimum absolute atomic E-state index is 0.0662. The van der Waals surface area contributed by atoms with Gasteiger partial charge in [-0.1, -0.05) is 13.0 Å². The third kappa shape index (κ3) is 3.01. The van der Waals surface area contributed by atoms with E-state index in [9.17, 15) is 14.7 Å². The number of rotatable bonds is 3. The van der Waals surface area contributed by atoms with Crippen molar-refractivity contribution in [3.63, 3.8) is 0 Å². The number of ether oxygens (including phenoxy) is 1. The molecule has 0 spiro atoms. The van der Waals surface area contributed by atoms with Crippen molar-refractivity contribution < 1.29 is 19.0 Å². The maximum Gasteiger partial charge on any atom is 0.343 e. The fourth-order valence-electron chi connectivity index (χ4n) is 6.10. The number of pyridine rings is 2. The zero-order chi connectivity index (χ0) is 25.4. The fraction of sp³-hybridized carbons (Fsp3) is 0.393. The molecular formula is C28H28FN3O4. The van der Waals surface area contributed by atoms with Gasteiger partial charge < -0.3 is 20.1 Å². The molecule has 3 N–H and O–H groups in total.